The fourth-order valence-corrected chi connectivity index (χ4v) is 2.57. The Hall–Kier alpha value is -2.31. The van der Waals surface area contributed by atoms with Gasteiger partial charge in [-0.2, -0.15) is 0 Å². The van der Waals surface area contributed by atoms with Crippen LogP contribution in [0, 0.1) is 10.1 Å². The highest BCUT2D eigenvalue weighted by Crippen LogP contribution is 2.30. The first-order valence-corrected chi connectivity index (χ1v) is 6.56. The maximum Gasteiger partial charge on any atom is 0.292 e. The maximum absolute atomic E-state index is 11.9. The molecule has 0 aromatic heterocycles. The molecule has 2 rings (SSSR count). The molecule has 1 saturated heterocycles. The van der Waals surface area contributed by atoms with Gasteiger partial charge >= 0.3 is 0 Å². The summed E-state index contributed by atoms with van der Waals surface area (Å²) in [5.41, 5.74) is 6.48. The van der Waals surface area contributed by atoms with Gasteiger partial charge in [-0.15, -0.1) is 0 Å². The van der Waals surface area contributed by atoms with E-state index in [1.165, 1.54) is 6.07 Å². The number of nitrogens with zero attached hydrogens (tertiary/aromatic N) is 2. The minimum absolute atomic E-state index is 0.0402. The number of nitrogens with one attached hydrogen (secondary N) is 1. The maximum atomic E-state index is 11.9. The highest BCUT2D eigenvalue weighted by atomic mass is 16.6. The van der Waals surface area contributed by atoms with E-state index in [0.717, 1.165) is 31.5 Å². The van der Waals surface area contributed by atoms with Crippen molar-refractivity contribution in [2.75, 3.05) is 24.2 Å². The molecule has 0 saturated carbocycles. The highest BCUT2D eigenvalue weighted by Gasteiger charge is 2.28. The van der Waals surface area contributed by atoms with E-state index in [4.69, 9.17) is 5.73 Å². The Balaban J connectivity index is 2.31. The molecule has 1 amide bonds. The molecule has 3 N–H and O–H groups in total. The van der Waals surface area contributed by atoms with Gasteiger partial charge in [-0.05, 0) is 31.4 Å². The molecular weight excluding hydrogens is 260 g/mol. The topological polar surface area (TPSA) is 102 Å². The van der Waals surface area contributed by atoms with Crippen molar-refractivity contribution in [2.45, 2.75) is 25.3 Å². The number of carbonyl (C=O) groups is 1. The zero-order valence-electron chi connectivity index (χ0n) is 11.3. The van der Waals surface area contributed by atoms with E-state index in [-0.39, 0.29) is 23.3 Å². The molecule has 7 nitrogen and oxygen atoms in total. The second kappa shape index (κ2) is 5.77. The molecule has 0 spiro atoms. The van der Waals surface area contributed by atoms with Crippen molar-refractivity contribution in [3.05, 3.63) is 28.3 Å². The van der Waals surface area contributed by atoms with Crippen LogP contribution in [-0.2, 0) is 4.79 Å². The molecule has 1 aliphatic rings. The van der Waals surface area contributed by atoms with Gasteiger partial charge in [-0.1, -0.05) is 0 Å². The summed E-state index contributed by atoms with van der Waals surface area (Å²) >= 11 is 0. The lowest BCUT2D eigenvalue weighted by Gasteiger charge is -2.36. The SMILES string of the molecule is CNC(=O)C1CCCCN1c1ccc([N+](=O)[O-])c(N)c1. The largest absolute Gasteiger partial charge is 0.393 e. The number of nitrogens with two attached hydrogens (primary N) is 1. The number of piperidine rings is 1. The minimum Gasteiger partial charge on any atom is -0.393 e. The molecule has 0 radical (unpaired) electrons. The first-order chi connectivity index (χ1) is 9.54. The third kappa shape index (κ3) is 2.66. The van der Waals surface area contributed by atoms with Crippen molar-refractivity contribution in [3.8, 4) is 0 Å². The average molecular weight is 278 g/mol. The van der Waals surface area contributed by atoms with Gasteiger partial charge in [0.1, 0.15) is 11.7 Å². The van der Waals surface area contributed by atoms with Crippen LogP contribution < -0.4 is 16.0 Å². The molecule has 1 atom stereocenters. The summed E-state index contributed by atoms with van der Waals surface area (Å²) in [6.45, 7) is 0.745. The summed E-state index contributed by atoms with van der Waals surface area (Å²) in [7, 11) is 1.61. The first kappa shape index (κ1) is 14.1. The second-order valence-corrected chi connectivity index (χ2v) is 4.82. The van der Waals surface area contributed by atoms with E-state index < -0.39 is 4.92 Å². The lowest BCUT2D eigenvalue weighted by Crippen LogP contribution is -2.48. The van der Waals surface area contributed by atoms with Gasteiger partial charge in [0.05, 0.1) is 4.92 Å². The van der Waals surface area contributed by atoms with Crippen LogP contribution in [-0.4, -0.2) is 30.5 Å². The highest BCUT2D eigenvalue weighted by molar-refractivity contribution is 5.85. The van der Waals surface area contributed by atoms with Crippen LogP contribution in [0.4, 0.5) is 17.1 Å². The van der Waals surface area contributed by atoms with E-state index in [1.807, 2.05) is 4.90 Å². The molecule has 108 valence electrons. The number of anilines is 2. The van der Waals surface area contributed by atoms with Crippen LogP contribution in [0.2, 0.25) is 0 Å². The Kier molecular flexibility index (Phi) is 4.07. The van der Waals surface area contributed by atoms with Crippen molar-refractivity contribution >= 4 is 23.0 Å². The van der Waals surface area contributed by atoms with Gasteiger partial charge in [0.15, 0.2) is 0 Å². The number of hydrogen-bond acceptors (Lipinski definition) is 5. The Morgan fingerprint density at radius 1 is 1.50 bits per heavy atom. The summed E-state index contributed by atoms with van der Waals surface area (Å²) in [6, 6.07) is 4.37. The number of likely N-dealkylation sites (N-methyl/N-ethyl adjacent to an activating group) is 1. The lowest BCUT2D eigenvalue weighted by atomic mass is 10.00. The Bertz CT molecular complexity index is 532. The summed E-state index contributed by atoms with van der Waals surface area (Å²) in [4.78, 5) is 24.1. The quantitative estimate of drug-likeness (QED) is 0.492. The fourth-order valence-electron chi connectivity index (χ4n) is 2.57. The minimum atomic E-state index is -0.508. The van der Waals surface area contributed by atoms with E-state index in [2.05, 4.69) is 5.32 Å². The van der Waals surface area contributed by atoms with E-state index >= 15 is 0 Å². The smallest absolute Gasteiger partial charge is 0.292 e. The number of nitro groups is 1. The number of nitro benzene ring substituents is 1. The first-order valence-electron chi connectivity index (χ1n) is 6.56. The number of nitrogen functional groups attached to an aromatic ring is 1. The van der Waals surface area contributed by atoms with Gasteiger partial charge in [0.2, 0.25) is 5.91 Å². The van der Waals surface area contributed by atoms with E-state index in [0.29, 0.717) is 0 Å². The van der Waals surface area contributed by atoms with Gasteiger partial charge in [-0.3, -0.25) is 14.9 Å². The Morgan fingerprint density at radius 2 is 2.25 bits per heavy atom. The van der Waals surface area contributed by atoms with Crippen LogP contribution in [0.15, 0.2) is 18.2 Å². The predicted molar refractivity (Wildman–Crippen MR) is 76.6 cm³/mol. The number of rotatable bonds is 3. The second-order valence-electron chi connectivity index (χ2n) is 4.82. The van der Waals surface area contributed by atoms with Gasteiger partial charge < -0.3 is 16.0 Å². The molecule has 1 aliphatic heterocycles. The zero-order valence-corrected chi connectivity index (χ0v) is 11.3. The van der Waals surface area contributed by atoms with Crippen molar-refractivity contribution in [1.29, 1.82) is 0 Å². The molecule has 20 heavy (non-hydrogen) atoms. The Morgan fingerprint density at radius 3 is 2.85 bits per heavy atom. The summed E-state index contributed by atoms with van der Waals surface area (Å²) in [5, 5.41) is 13.4. The number of carbonyl (C=O) groups excluding carboxylic acids is 1. The summed E-state index contributed by atoms with van der Waals surface area (Å²) < 4.78 is 0. The number of hydrogen-bond donors (Lipinski definition) is 2. The standard InChI is InChI=1S/C13H18N4O3/c1-15-13(18)12-4-2-3-7-16(12)9-5-6-11(17(19)20)10(14)8-9/h5-6,8,12H,2-4,7,14H2,1H3,(H,15,18). The Labute approximate surface area is 116 Å². The third-order valence-electron chi connectivity index (χ3n) is 3.59. The molecule has 1 fully saturated rings. The molecule has 1 unspecified atom stereocenters. The molecule has 1 aromatic carbocycles. The number of benzene rings is 1. The molecule has 0 aliphatic carbocycles. The van der Waals surface area contributed by atoms with E-state index in [1.54, 1.807) is 19.2 Å². The predicted octanol–water partition coefficient (Wildman–Crippen LogP) is 1.28. The zero-order chi connectivity index (χ0) is 14.7. The van der Waals surface area contributed by atoms with Crippen LogP contribution in [0.5, 0.6) is 0 Å². The summed E-state index contributed by atoms with van der Waals surface area (Å²) in [6.07, 6.45) is 2.76. The summed E-state index contributed by atoms with van der Waals surface area (Å²) in [5.74, 6) is -0.0402. The molecule has 1 heterocycles. The molecular formula is C13H18N4O3. The van der Waals surface area contributed by atoms with E-state index in [9.17, 15) is 14.9 Å². The van der Waals surface area contributed by atoms with Crippen molar-refractivity contribution in [2.24, 2.45) is 0 Å². The molecule has 1 aromatic rings. The van der Waals surface area contributed by atoms with Crippen LogP contribution in [0.3, 0.4) is 0 Å². The normalized spacial score (nSPS) is 18.6. The van der Waals surface area contributed by atoms with Crippen molar-refractivity contribution in [3.63, 3.8) is 0 Å². The average Bonchev–Trinajstić information content (AvgIpc) is 2.46. The van der Waals surface area contributed by atoms with Crippen LogP contribution >= 0.6 is 0 Å². The van der Waals surface area contributed by atoms with Crippen molar-refractivity contribution in [1.82, 2.24) is 5.32 Å². The third-order valence-corrected chi connectivity index (χ3v) is 3.59. The molecule has 7 heteroatoms. The van der Waals surface area contributed by atoms with Crippen molar-refractivity contribution < 1.29 is 9.72 Å². The fraction of sp³-hybridized carbons (Fsp3) is 0.462. The number of amides is 1. The molecule has 0 bridgehead atoms. The van der Waals surface area contributed by atoms with Gasteiger partial charge in [0, 0.05) is 25.3 Å². The van der Waals surface area contributed by atoms with Crippen LogP contribution in [0.1, 0.15) is 19.3 Å². The van der Waals surface area contributed by atoms with Gasteiger partial charge in [-0.25, -0.2) is 0 Å². The van der Waals surface area contributed by atoms with Gasteiger partial charge in [0.25, 0.3) is 5.69 Å². The monoisotopic (exact) mass is 278 g/mol. The van der Waals surface area contributed by atoms with Crippen LogP contribution in [0.25, 0.3) is 0 Å². The lowest BCUT2D eigenvalue weighted by molar-refractivity contribution is -0.383.